The second-order valence-electron chi connectivity index (χ2n) is 3.44. The van der Waals surface area contributed by atoms with Gasteiger partial charge in [-0.3, -0.25) is 5.43 Å². The van der Waals surface area contributed by atoms with E-state index in [4.69, 9.17) is 5.84 Å². The van der Waals surface area contributed by atoms with Gasteiger partial charge in [0, 0.05) is 18.0 Å². The molecule has 0 aromatic carbocycles. The molecular formula is C10H13N7. The Hall–Kier alpha value is -2.28. The SMILES string of the molecule is Cc1cnc(NN)nc1NCc1cccnn1. The lowest BCUT2D eigenvalue weighted by atomic mass is 10.3. The summed E-state index contributed by atoms with van der Waals surface area (Å²) in [4.78, 5) is 8.20. The third-order valence-electron chi connectivity index (χ3n) is 2.17. The summed E-state index contributed by atoms with van der Waals surface area (Å²) in [6, 6.07) is 3.72. The van der Waals surface area contributed by atoms with Crippen molar-refractivity contribution in [2.24, 2.45) is 5.84 Å². The van der Waals surface area contributed by atoms with Crippen LogP contribution >= 0.6 is 0 Å². The summed E-state index contributed by atoms with van der Waals surface area (Å²) in [5, 5.41) is 10.9. The predicted octanol–water partition coefficient (Wildman–Crippen LogP) is 0.473. The highest BCUT2D eigenvalue weighted by Gasteiger charge is 2.03. The van der Waals surface area contributed by atoms with Crippen molar-refractivity contribution in [1.29, 1.82) is 0 Å². The zero-order chi connectivity index (χ0) is 12.1. The van der Waals surface area contributed by atoms with Crippen LogP contribution in [0.3, 0.4) is 0 Å². The molecule has 2 aromatic heterocycles. The number of rotatable bonds is 4. The summed E-state index contributed by atoms with van der Waals surface area (Å²) in [5.74, 6) is 6.34. The second-order valence-corrected chi connectivity index (χ2v) is 3.44. The minimum Gasteiger partial charge on any atom is -0.364 e. The molecule has 0 radical (unpaired) electrons. The maximum absolute atomic E-state index is 5.25. The third kappa shape index (κ3) is 2.85. The topological polar surface area (TPSA) is 102 Å². The summed E-state index contributed by atoms with van der Waals surface area (Å²) in [6.45, 7) is 2.47. The van der Waals surface area contributed by atoms with Crippen LogP contribution in [0.2, 0.25) is 0 Å². The smallest absolute Gasteiger partial charge is 0.239 e. The largest absolute Gasteiger partial charge is 0.364 e. The van der Waals surface area contributed by atoms with Gasteiger partial charge in [0.2, 0.25) is 5.95 Å². The van der Waals surface area contributed by atoms with E-state index >= 15 is 0 Å². The van der Waals surface area contributed by atoms with Crippen molar-refractivity contribution in [1.82, 2.24) is 20.2 Å². The lowest BCUT2D eigenvalue weighted by Crippen LogP contribution is -2.13. The first-order chi connectivity index (χ1) is 8.29. The summed E-state index contributed by atoms with van der Waals surface area (Å²) < 4.78 is 0. The molecule has 0 aliphatic rings. The Morgan fingerprint density at radius 3 is 3.00 bits per heavy atom. The fourth-order valence-electron chi connectivity index (χ4n) is 1.29. The lowest BCUT2D eigenvalue weighted by molar-refractivity contribution is 0.917. The van der Waals surface area contributed by atoms with E-state index in [2.05, 4.69) is 30.9 Å². The van der Waals surface area contributed by atoms with Gasteiger partial charge in [0.25, 0.3) is 0 Å². The number of nitrogens with one attached hydrogen (secondary N) is 2. The van der Waals surface area contributed by atoms with Crippen LogP contribution in [0.5, 0.6) is 0 Å². The summed E-state index contributed by atoms with van der Waals surface area (Å²) in [6.07, 6.45) is 3.33. The average molecular weight is 231 g/mol. The molecule has 0 aliphatic carbocycles. The van der Waals surface area contributed by atoms with E-state index in [9.17, 15) is 0 Å². The van der Waals surface area contributed by atoms with Gasteiger partial charge in [-0.15, -0.1) is 0 Å². The molecule has 17 heavy (non-hydrogen) atoms. The fourth-order valence-corrected chi connectivity index (χ4v) is 1.29. The minimum absolute atomic E-state index is 0.372. The first-order valence-corrected chi connectivity index (χ1v) is 5.10. The first kappa shape index (κ1) is 11.2. The molecule has 0 saturated carbocycles. The van der Waals surface area contributed by atoms with Crippen LogP contribution in [-0.2, 0) is 6.54 Å². The highest BCUT2D eigenvalue weighted by atomic mass is 15.3. The third-order valence-corrected chi connectivity index (χ3v) is 2.17. The molecule has 7 heteroatoms. The number of hydrazine groups is 1. The second kappa shape index (κ2) is 5.17. The minimum atomic E-state index is 0.372. The van der Waals surface area contributed by atoms with Crippen molar-refractivity contribution in [2.45, 2.75) is 13.5 Å². The van der Waals surface area contributed by atoms with E-state index in [1.54, 1.807) is 12.4 Å². The Morgan fingerprint density at radius 1 is 1.41 bits per heavy atom. The number of hydrogen-bond acceptors (Lipinski definition) is 7. The zero-order valence-corrected chi connectivity index (χ0v) is 9.38. The molecule has 4 N–H and O–H groups in total. The first-order valence-electron chi connectivity index (χ1n) is 5.10. The van der Waals surface area contributed by atoms with Crippen LogP contribution in [-0.4, -0.2) is 20.2 Å². The summed E-state index contributed by atoms with van der Waals surface area (Å²) >= 11 is 0. The summed E-state index contributed by atoms with van der Waals surface area (Å²) in [5.41, 5.74) is 4.18. The van der Waals surface area contributed by atoms with Crippen molar-refractivity contribution < 1.29 is 0 Å². The molecule has 0 amide bonds. The molecule has 0 bridgehead atoms. The Bertz CT molecular complexity index is 485. The molecule has 88 valence electrons. The molecule has 7 nitrogen and oxygen atoms in total. The van der Waals surface area contributed by atoms with Crippen LogP contribution in [0.25, 0.3) is 0 Å². The molecule has 0 spiro atoms. The van der Waals surface area contributed by atoms with Gasteiger partial charge in [-0.2, -0.15) is 15.2 Å². The Labute approximate surface area is 98.5 Å². The highest BCUT2D eigenvalue weighted by molar-refractivity contribution is 5.46. The van der Waals surface area contributed by atoms with E-state index in [1.807, 2.05) is 19.1 Å². The van der Waals surface area contributed by atoms with E-state index in [0.717, 1.165) is 17.1 Å². The number of nitrogens with two attached hydrogens (primary N) is 1. The number of nitrogens with zero attached hydrogens (tertiary/aromatic N) is 4. The standard InChI is InChI=1S/C10H13N7/c1-7-5-13-10(16-11)15-9(7)12-6-8-3-2-4-14-17-8/h2-5H,6,11H2,1H3,(H2,12,13,15,16). The average Bonchev–Trinajstić information content (AvgIpc) is 2.39. The number of aromatic nitrogens is 4. The van der Waals surface area contributed by atoms with Crippen LogP contribution in [0.15, 0.2) is 24.5 Å². The molecule has 0 atom stereocenters. The van der Waals surface area contributed by atoms with E-state index < -0.39 is 0 Å². The molecule has 0 saturated heterocycles. The van der Waals surface area contributed by atoms with Crippen molar-refractivity contribution in [2.75, 3.05) is 10.7 Å². The van der Waals surface area contributed by atoms with Gasteiger partial charge >= 0.3 is 0 Å². The number of hydrogen-bond donors (Lipinski definition) is 3. The fraction of sp³-hybridized carbons (Fsp3) is 0.200. The molecule has 0 aliphatic heterocycles. The van der Waals surface area contributed by atoms with Crippen molar-refractivity contribution in [3.05, 3.63) is 35.8 Å². The van der Waals surface area contributed by atoms with E-state index in [1.165, 1.54) is 0 Å². The maximum atomic E-state index is 5.25. The van der Waals surface area contributed by atoms with Gasteiger partial charge in [-0.25, -0.2) is 10.8 Å². The Kier molecular flexibility index (Phi) is 3.41. The van der Waals surface area contributed by atoms with Crippen LogP contribution < -0.4 is 16.6 Å². The van der Waals surface area contributed by atoms with Gasteiger partial charge in [0.1, 0.15) is 5.82 Å². The van der Waals surface area contributed by atoms with Gasteiger partial charge in [-0.1, -0.05) is 0 Å². The number of anilines is 2. The Balaban J connectivity index is 2.08. The van der Waals surface area contributed by atoms with Crippen LogP contribution in [0.4, 0.5) is 11.8 Å². The van der Waals surface area contributed by atoms with Gasteiger partial charge in [-0.05, 0) is 19.1 Å². The molecule has 2 heterocycles. The molecule has 0 fully saturated rings. The van der Waals surface area contributed by atoms with Crippen molar-refractivity contribution in [3.63, 3.8) is 0 Å². The normalized spacial score (nSPS) is 10.0. The Morgan fingerprint density at radius 2 is 2.29 bits per heavy atom. The number of aryl methyl sites for hydroxylation is 1. The van der Waals surface area contributed by atoms with Crippen LogP contribution in [0.1, 0.15) is 11.3 Å². The molecule has 2 rings (SSSR count). The molecule has 0 unspecified atom stereocenters. The predicted molar refractivity (Wildman–Crippen MR) is 63.9 cm³/mol. The number of nitrogen functional groups attached to an aromatic ring is 1. The van der Waals surface area contributed by atoms with Gasteiger partial charge in [0.05, 0.1) is 12.2 Å². The molecular weight excluding hydrogens is 218 g/mol. The lowest BCUT2D eigenvalue weighted by Gasteiger charge is -2.08. The van der Waals surface area contributed by atoms with Gasteiger partial charge < -0.3 is 5.32 Å². The van der Waals surface area contributed by atoms with Crippen molar-refractivity contribution >= 4 is 11.8 Å². The monoisotopic (exact) mass is 231 g/mol. The quantitative estimate of drug-likeness (QED) is 0.519. The summed E-state index contributed by atoms with van der Waals surface area (Å²) in [7, 11) is 0. The highest BCUT2D eigenvalue weighted by Crippen LogP contribution is 2.12. The van der Waals surface area contributed by atoms with E-state index in [-0.39, 0.29) is 0 Å². The zero-order valence-electron chi connectivity index (χ0n) is 9.38. The molecule has 2 aromatic rings. The van der Waals surface area contributed by atoms with Gasteiger partial charge in [0.15, 0.2) is 0 Å². The van der Waals surface area contributed by atoms with E-state index in [0.29, 0.717) is 12.5 Å². The van der Waals surface area contributed by atoms with Crippen LogP contribution in [0, 0.1) is 6.92 Å². The van der Waals surface area contributed by atoms with Crippen molar-refractivity contribution in [3.8, 4) is 0 Å². The maximum Gasteiger partial charge on any atom is 0.239 e.